The van der Waals surface area contributed by atoms with Crippen molar-refractivity contribution in [3.63, 3.8) is 0 Å². The number of rotatable bonds is 3. The van der Waals surface area contributed by atoms with Gasteiger partial charge in [-0.3, -0.25) is 4.79 Å². The van der Waals surface area contributed by atoms with Crippen molar-refractivity contribution in [1.82, 2.24) is 14.9 Å². The predicted molar refractivity (Wildman–Crippen MR) is 72.6 cm³/mol. The maximum absolute atomic E-state index is 11.4. The molecule has 0 spiro atoms. The normalized spacial score (nSPS) is 18.4. The average molecular weight is 273 g/mol. The van der Waals surface area contributed by atoms with Crippen LogP contribution >= 0.6 is 0 Å². The monoisotopic (exact) mass is 273 g/mol. The number of nitrogens with one attached hydrogen (secondary N) is 1. The second-order valence-corrected chi connectivity index (χ2v) is 5.05. The molecule has 2 heterocycles. The van der Waals surface area contributed by atoms with Gasteiger partial charge in [0.2, 0.25) is 5.91 Å². The van der Waals surface area contributed by atoms with E-state index in [0.717, 1.165) is 12.2 Å². The molecule has 104 valence electrons. The summed E-state index contributed by atoms with van der Waals surface area (Å²) in [7, 11) is 0. The largest absolute Gasteiger partial charge is 0.478 e. The van der Waals surface area contributed by atoms with E-state index in [0.29, 0.717) is 24.0 Å². The summed E-state index contributed by atoms with van der Waals surface area (Å²) >= 11 is 0. The van der Waals surface area contributed by atoms with E-state index in [1.807, 2.05) is 11.5 Å². The third-order valence-electron chi connectivity index (χ3n) is 3.68. The van der Waals surface area contributed by atoms with Crippen molar-refractivity contribution in [3.05, 3.63) is 29.6 Å². The quantitative estimate of drug-likeness (QED) is 0.883. The number of benzene rings is 1. The molecule has 1 aliphatic rings. The first kappa shape index (κ1) is 12.7. The number of hydrogen-bond acceptors (Lipinski definition) is 3. The molecule has 1 atom stereocenters. The van der Waals surface area contributed by atoms with Crippen molar-refractivity contribution < 1.29 is 14.7 Å². The van der Waals surface area contributed by atoms with Crippen molar-refractivity contribution in [1.29, 1.82) is 0 Å². The second kappa shape index (κ2) is 4.63. The fraction of sp³-hybridized carbons (Fsp3) is 0.357. The van der Waals surface area contributed by atoms with Gasteiger partial charge in [0.25, 0.3) is 0 Å². The SMILES string of the molecule is Cc1nc2cccc(C(=O)O)c2n1CC1CCC(=O)N1. The fourth-order valence-electron chi connectivity index (χ4n) is 2.73. The van der Waals surface area contributed by atoms with Gasteiger partial charge < -0.3 is 15.0 Å². The number of carboxylic acid groups (broad SMARTS) is 1. The standard InChI is InChI=1S/C14H15N3O3/c1-8-15-11-4-2-3-10(14(19)20)13(11)17(8)7-9-5-6-12(18)16-9/h2-4,9H,5-7H2,1H3,(H,16,18)(H,19,20). The Kier molecular flexibility index (Phi) is 2.93. The van der Waals surface area contributed by atoms with E-state index in [4.69, 9.17) is 0 Å². The molecule has 2 N–H and O–H groups in total. The van der Waals surface area contributed by atoms with Gasteiger partial charge in [-0.2, -0.15) is 0 Å². The molecule has 20 heavy (non-hydrogen) atoms. The molecule has 3 rings (SSSR count). The number of hydrogen-bond donors (Lipinski definition) is 2. The number of carbonyl (C=O) groups is 2. The summed E-state index contributed by atoms with van der Waals surface area (Å²) in [5.74, 6) is -0.155. The number of amides is 1. The third kappa shape index (κ3) is 2.03. The zero-order valence-electron chi connectivity index (χ0n) is 11.1. The highest BCUT2D eigenvalue weighted by molar-refractivity contribution is 6.01. The first-order chi connectivity index (χ1) is 9.56. The molecule has 1 amide bonds. The van der Waals surface area contributed by atoms with E-state index in [2.05, 4.69) is 10.3 Å². The molecule has 1 aliphatic heterocycles. The van der Waals surface area contributed by atoms with Crippen LogP contribution in [0, 0.1) is 6.92 Å². The molecule has 0 radical (unpaired) electrons. The minimum absolute atomic E-state index is 0.0421. The maximum Gasteiger partial charge on any atom is 0.337 e. The van der Waals surface area contributed by atoms with Gasteiger partial charge in [0.15, 0.2) is 0 Å². The highest BCUT2D eigenvalue weighted by atomic mass is 16.4. The highest BCUT2D eigenvalue weighted by Gasteiger charge is 2.23. The summed E-state index contributed by atoms with van der Waals surface area (Å²) in [6, 6.07) is 5.12. The van der Waals surface area contributed by atoms with Crippen LogP contribution in [0.3, 0.4) is 0 Å². The number of aromatic carboxylic acids is 1. The summed E-state index contributed by atoms with van der Waals surface area (Å²) in [5.41, 5.74) is 1.54. The van der Waals surface area contributed by atoms with Gasteiger partial charge in [0, 0.05) is 19.0 Å². The lowest BCUT2D eigenvalue weighted by Gasteiger charge is -2.14. The number of nitrogens with zero attached hydrogens (tertiary/aromatic N) is 2. The van der Waals surface area contributed by atoms with Crippen molar-refractivity contribution in [2.45, 2.75) is 32.4 Å². The first-order valence-corrected chi connectivity index (χ1v) is 6.55. The molecule has 1 aromatic carbocycles. The molecule has 0 bridgehead atoms. The Morgan fingerprint density at radius 1 is 1.55 bits per heavy atom. The number of fused-ring (bicyclic) bond motifs is 1. The highest BCUT2D eigenvalue weighted by Crippen LogP contribution is 2.22. The van der Waals surface area contributed by atoms with Crippen LogP contribution in [0.5, 0.6) is 0 Å². The summed E-state index contributed by atoms with van der Waals surface area (Å²) in [6.45, 7) is 2.40. The molecule has 1 unspecified atom stereocenters. The predicted octanol–water partition coefficient (Wildman–Crippen LogP) is 1.32. The number of aryl methyl sites for hydroxylation is 1. The van der Waals surface area contributed by atoms with E-state index in [1.165, 1.54) is 0 Å². The van der Waals surface area contributed by atoms with Crippen LogP contribution in [0.4, 0.5) is 0 Å². The van der Waals surface area contributed by atoms with Gasteiger partial charge in [0.05, 0.1) is 16.6 Å². The van der Waals surface area contributed by atoms with Crippen LogP contribution in [0.25, 0.3) is 11.0 Å². The second-order valence-electron chi connectivity index (χ2n) is 5.05. The van der Waals surface area contributed by atoms with Crippen molar-refractivity contribution in [2.75, 3.05) is 0 Å². The van der Waals surface area contributed by atoms with Crippen LogP contribution in [0.15, 0.2) is 18.2 Å². The topological polar surface area (TPSA) is 84.2 Å². The number of para-hydroxylation sites is 1. The Balaban J connectivity index is 2.07. The smallest absolute Gasteiger partial charge is 0.337 e. The zero-order valence-corrected chi connectivity index (χ0v) is 11.1. The summed E-state index contributed by atoms with van der Waals surface area (Å²) in [4.78, 5) is 27.0. The minimum atomic E-state index is -0.966. The van der Waals surface area contributed by atoms with E-state index in [9.17, 15) is 14.7 Å². The van der Waals surface area contributed by atoms with Crippen LogP contribution in [0.1, 0.15) is 29.0 Å². The average Bonchev–Trinajstić information content (AvgIpc) is 2.94. The van der Waals surface area contributed by atoms with E-state index >= 15 is 0 Å². The van der Waals surface area contributed by atoms with Crippen LogP contribution in [0.2, 0.25) is 0 Å². The van der Waals surface area contributed by atoms with Gasteiger partial charge in [0.1, 0.15) is 5.82 Å². The molecule has 6 nitrogen and oxygen atoms in total. The van der Waals surface area contributed by atoms with Crippen LogP contribution < -0.4 is 5.32 Å². The Bertz CT molecular complexity index is 705. The Labute approximate surface area is 115 Å². The first-order valence-electron chi connectivity index (χ1n) is 6.55. The van der Waals surface area contributed by atoms with Crippen LogP contribution in [-0.2, 0) is 11.3 Å². The lowest BCUT2D eigenvalue weighted by molar-refractivity contribution is -0.119. The Morgan fingerprint density at radius 3 is 3.00 bits per heavy atom. The van der Waals surface area contributed by atoms with Gasteiger partial charge in [-0.1, -0.05) is 6.07 Å². The van der Waals surface area contributed by atoms with Gasteiger partial charge in [-0.15, -0.1) is 0 Å². The van der Waals surface area contributed by atoms with E-state index in [1.54, 1.807) is 18.2 Å². The molecular formula is C14H15N3O3. The summed E-state index contributed by atoms with van der Waals surface area (Å²) < 4.78 is 1.88. The Hall–Kier alpha value is -2.37. The maximum atomic E-state index is 11.4. The summed E-state index contributed by atoms with van der Waals surface area (Å²) in [5, 5.41) is 12.2. The van der Waals surface area contributed by atoms with Gasteiger partial charge in [-0.05, 0) is 25.5 Å². The molecule has 0 aliphatic carbocycles. The molecule has 1 aromatic heterocycles. The third-order valence-corrected chi connectivity index (χ3v) is 3.68. The van der Waals surface area contributed by atoms with Crippen molar-refractivity contribution >= 4 is 22.9 Å². The van der Waals surface area contributed by atoms with Crippen LogP contribution in [-0.4, -0.2) is 32.6 Å². The zero-order chi connectivity index (χ0) is 14.3. The fourth-order valence-corrected chi connectivity index (χ4v) is 2.73. The molecule has 1 fully saturated rings. The lowest BCUT2D eigenvalue weighted by atomic mass is 10.1. The lowest BCUT2D eigenvalue weighted by Crippen LogP contribution is -2.30. The van der Waals surface area contributed by atoms with Crippen molar-refractivity contribution in [3.8, 4) is 0 Å². The molecule has 1 saturated heterocycles. The van der Waals surface area contributed by atoms with Gasteiger partial charge >= 0.3 is 5.97 Å². The van der Waals surface area contributed by atoms with Crippen molar-refractivity contribution in [2.24, 2.45) is 0 Å². The van der Waals surface area contributed by atoms with E-state index in [-0.39, 0.29) is 17.5 Å². The minimum Gasteiger partial charge on any atom is -0.478 e. The molecule has 0 saturated carbocycles. The number of aromatic nitrogens is 2. The van der Waals surface area contributed by atoms with Gasteiger partial charge in [-0.25, -0.2) is 9.78 Å². The molecule has 2 aromatic rings. The number of carbonyl (C=O) groups excluding carboxylic acids is 1. The Morgan fingerprint density at radius 2 is 2.35 bits per heavy atom. The number of imidazole rings is 1. The van der Waals surface area contributed by atoms with E-state index < -0.39 is 5.97 Å². The number of carboxylic acids is 1. The molecule has 6 heteroatoms. The molecular weight excluding hydrogens is 258 g/mol. The summed E-state index contributed by atoms with van der Waals surface area (Å²) in [6.07, 6.45) is 1.30.